The molecule has 220 valence electrons. The third kappa shape index (κ3) is 30.7. The van der Waals surface area contributed by atoms with E-state index in [2.05, 4.69) is 28.1 Å². The molecule has 0 aromatic rings. The van der Waals surface area contributed by atoms with Crippen molar-refractivity contribution in [2.24, 2.45) is 0 Å². The molecule has 7 heteroatoms. The Bertz CT molecular complexity index is 427. The van der Waals surface area contributed by atoms with Crippen LogP contribution in [0.15, 0.2) is 0 Å². The fraction of sp³-hybridized carbons (Fsp3) is 1.00. The van der Waals surface area contributed by atoms with Gasteiger partial charge in [0, 0.05) is 13.7 Å². The van der Waals surface area contributed by atoms with E-state index in [0.29, 0.717) is 31.3 Å². The fourth-order valence-corrected chi connectivity index (χ4v) is 5.15. The summed E-state index contributed by atoms with van der Waals surface area (Å²) in [6.07, 6.45) is 22.0. The first-order valence-electron chi connectivity index (χ1n) is 14.7. The Morgan fingerprint density at radius 3 is 1.58 bits per heavy atom. The highest BCUT2D eigenvalue weighted by molar-refractivity contribution is 7.91. The van der Waals surface area contributed by atoms with Crippen molar-refractivity contribution >= 4 is 11.2 Å². The SMILES string of the molecule is CCCCCCCCCCCCCCCCCCOCC(C[S+]([O-])CCOCC[N+](C)(C)C)OC.[Cl-]. The number of quaternary nitrogens is 1. The van der Waals surface area contributed by atoms with Gasteiger partial charge in [0.25, 0.3) is 0 Å². The predicted octanol–water partition coefficient (Wildman–Crippen LogP) is 3.76. The minimum Gasteiger partial charge on any atom is -1.00 e. The first-order valence-corrected chi connectivity index (χ1v) is 16.2. The fourth-order valence-electron chi connectivity index (χ4n) is 4.03. The van der Waals surface area contributed by atoms with Gasteiger partial charge in [0.2, 0.25) is 0 Å². The highest BCUT2D eigenvalue weighted by Gasteiger charge is 2.17. The maximum absolute atomic E-state index is 12.3. The zero-order valence-corrected chi connectivity index (χ0v) is 26.3. The minimum absolute atomic E-state index is 0. The molecule has 0 aliphatic heterocycles. The Labute approximate surface area is 235 Å². The van der Waals surface area contributed by atoms with Gasteiger partial charge in [0.15, 0.2) is 0 Å². The smallest absolute Gasteiger partial charge is 0.134 e. The van der Waals surface area contributed by atoms with E-state index in [0.717, 1.165) is 24.1 Å². The number of nitrogens with zero attached hydrogens (tertiary/aromatic N) is 1. The molecular formula is C29H62ClNO4S. The molecule has 0 aliphatic carbocycles. The average molecular weight is 556 g/mol. The first kappa shape index (κ1) is 38.6. The summed E-state index contributed by atoms with van der Waals surface area (Å²) >= 11 is -0.929. The van der Waals surface area contributed by atoms with Crippen LogP contribution in [-0.4, -0.2) is 87.9 Å². The van der Waals surface area contributed by atoms with Crippen molar-refractivity contribution in [2.45, 2.75) is 116 Å². The van der Waals surface area contributed by atoms with Crippen LogP contribution in [0, 0.1) is 0 Å². The third-order valence-electron chi connectivity index (χ3n) is 6.51. The maximum atomic E-state index is 12.3. The lowest BCUT2D eigenvalue weighted by molar-refractivity contribution is -0.870. The molecule has 0 fully saturated rings. The second kappa shape index (κ2) is 28.4. The van der Waals surface area contributed by atoms with Gasteiger partial charge < -0.3 is 35.7 Å². The standard InChI is InChI=1S/C29H62NO4S.ClH/c1-6-7-8-9-10-11-12-13-14-15-16-17-18-19-20-21-23-34-27-29(32-5)28-35(31)26-25-33-24-22-30(2,3)4;/h29H,6-28H2,1-5H3;1H/q+1;/p-1. The van der Waals surface area contributed by atoms with E-state index in [1.807, 2.05) is 0 Å². The highest BCUT2D eigenvalue weighted by atomic mass is 35.5. The second-order valence-electron chi connectivity index (χ2n) is 11.2. The molecule has 0 N–H and O–H groups in total. The molecule has 2 atom stereocenters. The van der Waals surface area contributed by atoms with Crippen molar-refractivity contribution in [2.75, 3.05) is 72.7 Å². The monoisotopic (exact) mass is 555 g/mol. The summed E-state index contributed by atoms with van der Waals surface area (Å²) in [5, 5.41) is 0. The summed E-state index contributed by atoms with van der Waals surface area (Å²) in [4.78, 5) is 0. The molecule has 0 spiro atoms. The van der Waals surface area contributed by atoms with E-state index in [1.54, 1.807) is 7.11 Å². The number of hydrogen-bond acceptors (Lipinski definition) is 4. The van der Waals surface area contributed by atoms with Crippen molar-refractivity contribution in [1.82, 2.24) is 0 Å². The number of methoxy groups -OCH3 is 1. The Balaban J connectivity index is 0. The van der Waals surface area contributed by atoms with Gasteiger partial charge in [-0.05, 0) is 17.6 Å². The van der Waals surface area contributed by atoms with Gasteiger partial charge in [-0.3, -0.25) is 0 Å². The summed E-state index contributed by atoms with van der Waals surface area (Å²) in [6.45, 7) is 5.80. The summed E-state index contributed by atoms with van der Waals surface area (Å²) in [7, 11) is 8.11. The average Bonchev–Trinajstić information content (AvgIpc) is 2.81. The lowest BCUT2D eigenvalue weighted by Gasteiger charge is -2.23. The summed E-state index contributed by atoms with van der Waals surface area (Å²) < 4.78 is 30.0. The molecular weight excluding hydrogens is 494 g/mol. The van der Waals surface area contributed by atoms with E-state index in [4.69, 9.17) is 14.2 Å². The number of hydrogen-bond donors (Lipinski definition) is 0. The zero-order valence-electron chi connectivity index (χ0n) is 24.7. The molecule has 0 saturated heterocycles. The third-order valence-corrected chi connectivity index (χ3v) is 7.88. The first-order chi connectivity index (χ1) is 16.9. The van der Waals surface area contributed by atoms with Crippen LogP contribution in [0.5, 0.6) is 0 Å². The van der Waals surface area contributed by atoms with Gasteiger partial charge in [-0.2, -0.15) is 0 Å². The Morgan fingerprint density at radius 2 is 1.14 bits per heavy atom. The molecule has 0 saturated carbocycles. The van der Waals surface area contributed by atoms with Gasteiger partial charge in [0.1, 0.15) is 24.2 Å². The van der Waals surface area contributed by atoms with E-state index < -0.39 is 11.2 Å². The summed E-state index contributed by atoms with van der Waals surface area (Å²) in [5.41, 5.74) is 0. The van der Waals surface area contributed by atoms with Gasteiger partial charge in [-0.25, -0.2) is 0 Å². The maximum Gasteiger partial charge on any atom is 0.134 e. The van der Waals surface area contributed by atoms with Gasteiger partial charge in [-0.15, -0.1) is 0 Å². The van der Waals surface area contributed by atoms with Crippen molar-refractivity contribution in [3.63, 3.8) is 0 Å². The molecule has 0 aromatic carbocycles. The van der Waals surface area contributed by atoms with Crippen LogP contribution in [0.25, 0.3) is 0 Å². The number of likely N-dealkylation sites (N-methyl/N-ethyl adjacent to an activating group) is 1. The quantitative estimate of drug-likeness (QED) is 0.0838. The molecule has 0 aromatic heterocycles. The van der Waals surface area contributed by atoms with Crippen molar-refractivity contribution < 1.29 is 35.7 Å². The van der Waals surface area contributed by atoms with Crippen molar-refractivity contribution in [3.05, 3.63) is 0 Å². The number of rotatable bonds is 28. The molecule has 0 heterocycles. The molecule has 36 heavy (non-hydrogen) atoms. The van der Waals surface area contributed by atoms with Crippen LogP contribution < -0.4 is 12.4 Å². The van der Waals surface area contributed by atoms with Crippen LogP contribution in [-0.2, 0) is 25.4 Å². The Morgan fingerprint density at radius 1 is 0.667 bits per heavy atom. The number of unbranched alkanes of at least 4 members (excludes halogenated alkanes) is 15. The van der Waals surface area contributed by atoms with Crippen LogP contribution in [0.1, 0.15) is 110 Å². The molecule has 0 aliphatic rings. The topological polar surface area (TPSA) is 50.8 Å². The van der Waals surface area contributed by atoms with Gasteiger partial charge in [-0.1, -0.05) is 103 Å². The van der Waals surface area contributed by atoms with E-state index >= 15 is 0 Å². The van der Waals surface area contributed by atoms with E-state index in [9.17, 15) is 4.55 Å². The number of ether oxygens (including phenoxy) is 3. The van der Waals surface area contributed by atoms with Gasteiger partial charge in [0.05, 0.1) is 41.0 Å². The van der Waals surface area contributed by atoms with Crippen molar-refractivity contribution in [3.8, 4) is 0 Å². The van der Waals surface area contributed by atoms with Crippen molar-refractivity contribution in [1.29, 1.82) is 0 Å². The van der Waals surface area contributed by atoms with E-state index in [-0.39, 0.29) is 18.5 Å². The summed E-state index contributed by atoms with van der Waals surface area (Å²) in [5.74, 6) is 1.09. The highest BCUT2D eigenvalue weighted by Crippen LogP contribution is 2.13. The lowest BCUT2D eigenvalue weighted by atomic mass is 10.0. The molecule has 5 nitrogen and oxygen atoms in total. The normalized spacial score (nSPS) is 13.5. The van der Waals surface area contributed by atoms with E-state index in [1.165, 1.54) is 96.3 Å². The van der Waals surface area contributed by atoms with Crippen LogP contribution in [0.4, 0.5) is 0 Å². The zero-order chi connectivity index (χ0) is 26.0. The predicted molar refractivity (Wildman–Crippen MR) is 153 cm³/mol. The molecule has 0 radical (unpaired) electrons. The molecule has 0 amide bonds. The Hall–Kier alpha value is 0.440. The van der Waals surface area contributed by atoms with Gasteiger partial charge >= 0.3 is 0 Å². The lowest BCUT2D eigenvalue weighted by Crippen LogP contribution is -3.00. The summed E-state index contributed by atoms with van der Waals surface area (Å²) in [6, 6.07) is 0. The van der Waals surface area contributed by atoms with Crippen LogP contribution in [0.2, 0.25) is 0 Å². The Kier molecular flexibility index (Phi) is 30.5. The number of halogens is 1. The second-order valence-corrected chi connectivity index (χ2v) is 12.8. The minimum atomic E-state index is -0.929. The van der Waals surface area contributed by atoms with Crippen LogP contribution >= 0.6 is 0 Å². The largest absolute Gasteiger partial charge is 1.00 e. The molecule has 0 bridgehead atoms. The van der Waals surface area contributed by atoms with Crippen LogP contribution in [0.3, 0.4) is 0 Å². The molecule has 2 unspecified atom stereocenters. The molecule has 0 rings (SSSR count).